The molecule has 0 saturated heterocycles. The van der Waals surface area contributed by atoms with Crippen molar-refractivity contribution in [1.82, 2.24) is 0 Å². The van der Waals surface area contributed by atoms with Gasteiger partial charge in [-0.05, 0) is 47.9 Å². The Hall–Kier alpha value is -1.87. The lowest BCUT2D eigenvalue weighted by atomic mass is 10.00. The molecule has 2 aromatic carbocycles. The van der Waals surface area contributed by atoms with Gasteiger partial charge >= 0.3 is 0 Å². The maximum absolute atomic E-state index is 12.8. The van der Waals surface area contributed by atoms with Gasteiger partial charge in [0.1, 0.15) is 5.82 Å². The molecule has 3 heteroatoms. The fraction of sp³-hybridized carbons (Fsp3) is 0.0769. The minimum Gasteiger partial charge on any atom is -0.291 e. The molecule has 0 saturated carbocycles. The molecule has 0 heterocycles. The second kappa shape index (κ2) is 4.33. The second-order valence-corrected chi connectivity index (χ2v) is 3.65. The lowest BCUT2D eigenvalue weighted by molar-refractivity contribution is 0.389. The van der Waals surface area contributed by atoms with Crippen LogP contribution in [0.5, 0.6) is 0 Å². The average Bonchev–Trinajstić information content (AvgIpc) is 2.31. The maximum atomic E-state index is 12.8. The summed E-state index contributed by atoms with van der Waals surface area (Å²) in [6.07, 6.45) is 0. The molecule has 0 aliphatic carbocycles. The zero-order valence-corrected chi connectivity index (χ0v) is 8.87. The molecule has 0 aliphatic heterocycles. The molecule has 0 amide bonds. The normalized spacial score (nSPS) is 10.2. The third kappa shape index (κ3) is 2.04. The van der Waals surface area contributed by atoms with Crippen molar-refractivity contribution in [2.24, 2.45) is 0 Å². The standard InChI is InChI=1S/C13H12FNO/c1-9-2-7-12(15-16)8-13(9)10-3-5-11(14)6-4-10/h2-8,15-16H,1H3. The Morgan fingerprint density at radius 2 is 1.75 bits per heavy atom. The number of anilines is 1. The van der Waals surface area contributed by atoms with E-state index in [0.717, 1.165) is 16.7 Å². The zero-order valence-electron chi connectivity index (χ0n) is 8.87. The van der Waals surface area contributed by atoms with Crippen molar-refractivity contribution < 1.29 is 9.60 Å². The number of hydrogen-bond acceptors (Lipinski definition) is 2. The van der Waals surface area contributed by atoms with E-state index in [-0.39, 0.29) is 5.82 Å². The van der Waals surface area contributed by atoms with Crippen LogP contribution in [0.2, 0.25) is 0 Å². The summed E-state index contributed by atoms with van der Waals surface area (Å²) in [4.78, 5) is 0. The minimum atomic E-state index is -0.252. The first-order valence-electron chi connectivity index (χ1n) is 4.97. The van der Waals surface area contributed by atoms with Gasteiger partial charge in [-0.1, -0.05) is 18.2 Å². The number of nitrogens with one attached hydrogen (secondary N) is 1. The summed E-state index contributed by atoms with van der Waals surface area (Å²) in [5, 5.41) is 8.83. The topological polar surface area (TPSA) is 32.3 Å². The molecule has 0 aromatic heterocycles. The Morgan fingerprint density at radius 1 is 1.06 bits per heavy atom. The quantitative estimate of drug-likeness (QED) is 0.753. The van der Waals surface area contributed by atoms with Gasteiger partial charge in [0.05, 0.1) is 5.69 Å². The van der Waals surface area contributed by atoms with E-state index in [9.17, 15) is 4.39 Å². The number of halogens is 1. The van der Waals surface area contributed by atoms with Gasteiger partial charge in [0.2, 0.25) is 0 Å². The summed E-state index contributed by atoms with van der Waals surface area (Å²) >= 11 is 0. The molecular formula is C13H12FNO. The smallest absolute Gasteiger partial charge is 0.123 e. The molecule has 2 nitrogen and oxygen atoms in total. The molecule has 0 aliphatic rings. The van der Waals surface area contributed by atoms with Crippen LogP contribution in [0, 0.1) is 12.7 Å². The van der Waals surface area contributed by atoms with E-state index in [1.54, 1.807) is 18.2 Å². The molecular weight excluding hydrogens is 205 g/mol. The Bertz CT molecular complexity index is 494. The third-order valence-corrected chi connectivity index (χ3v) is 2.52. The van der Waals surface area contributed by atoms with Crippen LogP contribution in [-0.4, -0.2) is 5.21 Å². The van der Waals surface area contributed by atoms with Crippen LogP contribution in [0.3, 0.4) is 0 Å². The lowest BCUT2D eigenvalue weighted by Crippen LogP contribution is -1.91. The van der Waals surface area contributed by atoms with Gasteiger partial charge in [-0.15, -0.1) is 0 Å². The molecule has 0 bridgehead atoms. The summed E-state index contributed by atoms with van der Waals surface area (Å²) < 4.78 is 12.8. The van der Waals surface area contributed by atoms with Crippen molar-refractivity contribution >= 4 is 5.69 Å². The van der Waals surface area contributed by atoms with Crippen molar-refractivity contribution in [3.8, 4) is 11.1 Å². The van der Waals surface area contributed by atoms with Crippen molar-refractivity contribution in [2.45, 2.75) is 6.92 Å². The first kappa shape index (κ1) is 10.6. The maximum Gasteiger partial charge on any atom is 0.123 e. The van der Waals surface area contributed by atoms with Gasteiger partial charge in [-0.2, -0.15) is 0 Å². The second-order valence-electron chi connectivity index (χ2n) is 3.65. The highest BCUT2D eigenvalue weighted by Gasteiger charge is 2.03. The van der Waals surface area contributed by atoms with Crippen molar-refractivity contribution in [2.75, 3.05) is 5.48 Å². The van der Waals surface area contributed by atoms with Crippen LogP contribution in [0.15, 0.2) is 42.5 Å². The van der Waals surface area contributed by atoms with Crippen LogP contribution in [-0.2, 0) is 0 Å². The van der Waals surface area contributed by atoms with E-state index in [0.29, 0.717) is 5.69 Å². The molecule has 16 heavy (non-hydrogen) atoms. The Labute approximate surface area is 93.3 Å². The van der Waals surface area contributed by atoms with Gasteiger partial charge in [0.15, 0.2) is 0 Å². The molecule has 0 unspecified atom stereocenters. The van der Waals surface area contributed by atoms with Crippen LogP contribution in [0.25, 0.3) is 11.1 Å². The molecule has 0 radical (unpaired) electrons. The van der Waals surface area contributed by atoms with E-state index in [4.69, 9.17) is 5.21 Å². The Morgan fingerprint density at radius 3 is 2.38 bits per heavy atom. The highest BCUT2D eigenvalue weighted by Crippen LogP contribution is 2.26. The zero-order chi connectivity index (χ0) is 11.5. The molecule has 0 spiro atoms. The van der Waals surface area contributed by atoms with Crippen LogP contribution in [0.4, 0.5) is 10.1 Å². The highest BCUT2D eigenvalue weighted by molar-refractivity contribution is 5.71. The highest BCUT2D eigenvalue weighted by atomic mass is 19.1. The van der Waals surface area contributed by atoms with E-state index >= 15 is 0 Å². The average molecular weight is 217 g/mol. The lowest BCUT2D eigenvalue weighted by Gasteiger charge is -2.08. The van der Waals surface area contributed by atoms with E-state index in [1.807, 2.05) is 19.1 Å². The van der Waals surface area contributed by atoms with Crippen molar-refractivity contribution in [3.63, 3.8) is 0 Å². The van der Waals surface area contributed by atoms with Crippen molar-refractivity contribution in [3.05, 3.63) is 53.8 Å². The van der Waals surface area contributed by atoms with E-state index < -0.39 is 0 Å². The van der Waals surface area contributed by atoms with Crippen LogP contribution < -0.4 is 5.48 Å². The van der Waals surface area contributed by atoms with E-state index in [1.165, 1.54) is 12.1 Å². The predicted octanol–water partition coefficient (Wildman–Crippen LogP) is 3.60. The molecule has 2 N–H and O–H groups in total. The van der Waals surface area contributed by atoms with Gasteiger partial charge in [0, 0.05) is 0 Å². The van der Waals surface area contributed by atoms with Crippen LogP contribution >= 0.6 is 0 Å². The summed E-state index contributed by atoms with van der Waals surface area (Å²) in [6.45, 7) is 1.97. The monoisotopic (exact) mass is 217 g/mol. The van der Waals surface area contributed by atoms with Gasteiger partial charge in [-0.3, -0.25) is 10.7 Å². The number of hydrogen-bond donors (Lipinski definition) is 2. The summed E-state index contributed by atoms with van der Waals surface area (Å²) in [6, 6.07) is 11.8. The molecule has 2 aromatic rings. The van der Waals surface area contributed by atoms with Gasteiger partial charge in [0.25, 0.3) is 0 Å². The summed E-state index contributed by atoms with van der Waals surface area (Å²) in [7, 11) is 0. The number of rotatable bonds is 2. The fourth-order valence-electron chi connectivity index (χ4n) is 1.63. The molecule has 2 rings (SSSR count). The first-order valence-corrected chi connectivity index (χ1v) is 4.97. The first-order chi connectivity index (χ1) is 7.70. The van der Waals surface area contributed by atoms with Crippen LogP contribution in [0.1, 0.15) is 5.56 Å². The molecule has 0 atom stereocenters. The summed E-state index contributed by atoms with van der Waals surface area (Å²) in [5.41, 5.74) is 5.69. The van der Waals surface area contributed by atoms with Gasteiger partial charge in [-0.25, -0.2) is 4.39 Å². The Kier molecular flexibility index (Phi) is 2.88. The minimum absolute atomic E-state index is 0.252. The van der Waals surface area contributed by atoms with E-state index in [2.05, 4.69) is 5.48 Å². The van der Waals surface area contributed by atoms with Gasteiger partial charge < -0.3 is 0 Å². The Balaban J connectivity index is 2.50. The fourth-order valence-corrected chi connectivity index (χ4v) is 1.63. The number of aryl methyl sites for hydroxylation is 1. The van der Waals surface area contributed by atoms with Crippen molar-refractivity contribution in [1.29, 1.82) is 0 Å². The third-order valence-electron chi connectivity index (χ3n) is 2.52. The number of benzene rings is 2. The predicted molar refractivity (Wildman–Crippen MR) is 62.0 cm³/mol. The summed E-state index contributed by atoms with van der Waals surface area (Å²) in [5.74, 6) is -0.252. The largest absolute Gasteiger partial charge is 0.291 e. The molecule has 82 valence electrons. The SMILES string of the molecule is Cc1ccc(NO)cc1-c1ccc(F)cc1. The molecule has 0 fully saturated rings.